The Morgan fingerprint density at radius 2 is 2.06 bits per heavy atom. The van der Waals surface area contributed by atoms with Crippen molar-refractivity contribution in [2.45, 2.75) is 24.7 Å². The molecule has 1 amide bonds. The number of rotatable bonds is 5. The number of carbonyl (C=O) groups is 1. The first kappa shape index (κ1) is 22.6. The van der Waals surface area contributed by atoms with E-state index >= 15 is 0 Å². The summed E-state index contributed by atoms with van der Waals surface area (Å²) in [6, 6.07) is 13.6. The molecule has 0 aliphatic carbocycles. The summed E-state index contributed by atoms with van der Waals surface area (Å²) in [4.78, 5) is 24.0. The van der Waals surface area contributed by atoms with E-state index < -0.39 is 23.9 Å². The molecule has 0 saturated carbocycles. The molecule has 1 fully saturated rings. The van der Waals surface area contributed by atoms with Crippen molar-refractivity contribution in [3.05, 3.63) is 70.7 Å². The number of aromatic nitrogens is 3. The lowest BCUT2D eigenvalue weighted by molar-refractivity contribution is 0.0198. The Kier molecular flexibility index (Phi) is 5.93. The Morgan fingerprint density at radius 1 is 1.26 bits per heavy atom. The monoisotopic (exact) mass is 477 g/mol. The summed E-state index contributed by atoms with van der Waals surface area (Å²) in [6.07, 6.45) is 0.187. The van der Waals surface area contributed by atoms with Crippen LogP contribution in [0.4, 0.5) is 4.79 Å². The lowest BCUT2D eigenvalue weighted by Gasteiger charge is -2.21. The van der Waals surface area contributed by atoms with E-state index in [1.807, 2.05) is 24.3 Å². The number of hydrogen-bond acceptors (Lipinski definition) is 9. The molecule has 5 rings (SSSR count). The Bertz CT molecular complexity index is 1430. The quantitative estimate of drug-likeness (QED) is 0.312. The number of nitrogens with zero attached hydrogens (tertiary/aromatic N) is 3. The number of phenols is 1. The van der Waals surface area contributed by atoms with Crippen molar-refractivity contribution in [2.24, 2.45) is 0 Å². The molecule has 1 aliphatic rings. The smallest absolute Gasteiger partial charge is 0.407 e. The third-order valence-electron chi connectivity index (χ3n) is 5.96. The van der Waals surface area contributed by atoms with Crippen LogP contribution in [0.1, 0.15) is 5.56 Å². The number of benzene rings is 2. The van der Waals surface area contributed by atoms with E-state index in [1.165, 1.54) is 23.9 Å². The van der Waals surface area contributed by atoms with Crippen LogP contribution in [0.5, 0.6) is 5.75 Å². The Hall–Kier alpha value is -4.22. The maximum absolute atomic E-state index is 12.4. The highest BCUT2D eigenvalue weighted by Crippen LogP contribution is 2.23. The summed E-state index contributed by atoms with van der Waals surface area (Å²) in [5.41, 5.74) is 2.23. The first-order chi connectivity index (χ1) is 16.9. The molecule has 2 aromatic carbocycles. The van der Waals surface area contributed by atoms with Crippen LogP contribution < -0.4 is 16.3 Å². The zero-order chi connectivity index (χ0) is 24.5. The predicted octanol–water partition coefficient (Wildman–Crippen LogP) is 1.35. The van der Waals surface area contributed by atoms with Crippen molar-refractivity contribution >= 4 is 17.1 Å². The number of alkyl carbamates (subject to hydrolysis) is 1. The van der Waals surface area contributed by atoms with Crippen molar-refractivity contribution < 1.29 is 24.2 Å². The fraction of sp³-hybridized carbons (Fsp3) is 0.250. The zero-order valence-corrected chi connectivity index (χ0v) is 18.7. The SMILES string of the molecule is CNC(=O)O[C@@H]1[C@@H](O)CN[C@@H]1Cc1ccc(-c2cn(-c3cc4ccc(O)cc4oc3=O)nn2)cc1. The minimum atomic E-state index is -0.773. The molecule has 3 atom stereocenters. The fourth-order valence-corrected chi connectivity index (χ4v) is 4.13. The van der Waals surface area contributed by atoms with Gasteiger partial charge in [0.05, 0.1) is 12.2 Å². The van der Waals surface area contributed by atoms with Crippen molar-refractivity contribution in [3.63, 3.8) is 0 Å². The van der Waals surface area contributed by atoms with Gasteiger partial charge in [-0.2, -0.15) is 0 Å². The average molecular weight is 477 g/mol. The minimum Gasteiger partial charge on any atom is -0.508 e. The maximum atomic E-state index is 12.4. The molecule has 180 valence electrons. The van der Waals surface area contributed by atoms with Crippen LogP contribution in [0, 0.1) is 0 Å². The van der Waals surface area contributed by atoms with Gasteiger partial charge in [0.1, 0.15) is 29.2 Å². The van der Waals surface area contributed by atoms with Gasteiger partial charge in [-0.05, 0) is 30.2 Å². The van der Waals surface area contributed by atoms with Gasteiger partial charge < -0.3 is 30.0 Å². The maximum Gasteiger partial charge on any atom is 0.407 e. The van der Waals surface area contributed by atoms with Gasteiger partial charge in [-0.1, -0.05) is 29.5 Å². The number of fused-ring (bicyclic) bond motifs is 1. The van der Waals surface area contributed by atoms with Crippen LogP contribution in [0.2, 0.25) is 0 Å². The summed E-state index contributed by atoms with van der Waals surface area (Å²) < 4.78 is 12.0. The fourth-order valence-electron chi connectivity index (χ4n) is 4.13. The number of aromatic hydroxyl groups is 1. The topological polar surface area (TPSA) is 152 Å². The number of hydrogen-bond donors (Lipinski definition) is 4. The van der Waals surface area contributed by atoms with Crippen LogP contribution in [0.25, 0.3) is 27.9 Å². The number of nitrogens with one attached hydrogen (secondary N) is 2. The number of carbonyl (C=O) groups excluding carboxylic acids is 1. The molecule has 3 heterocycles. The highest BCUT2D eigenvalue weighted by Gasteiger charge is 2.37. The molecular weight excluding hydrogens is 454 g/mol. The molecule has 1 aliphatic heterocycles. The highest BCUT2D eigenvalue weighted by molar-refractivity contribution is 5.79. The molecule has 0 radical (unpaired) electrons. The molecule has 1 saturated heterocycles. The van der Waals surface area contributed by atoms with Gasteiger partial charge in [0.25, 0.3) is 0 Å². The van der Waals surface area contributed by atoms with E-state index in [4.69, 9.17) is 9.15 Å². The van der Waals surface area contributed by atoms with Crippen LogP contribution in [-0.4, -0.2) is 63.1 Å². The largest absolute Gasteiger partial charge is 0.508 e. The van der Waals surface area contributed by atoms with E-state index in [1.54, 1.807) is 18.3 Å². The number of ether oxygens (including phenoxy) is 1. The second kappa shape index (κ2) is 9.20. The molecule has 0 bridgehead atoms. The first-order valence-electron chi connectivity index (χ1n) is 11.0. The van der Waals surface area contributed by atoms with Crippen molar-refractivity contribution in [3.8, 4) is 22.7 Å². The Labute approximate surface area is 199 Å². The Balaban J connectivity index is 1.33. The van der Waals surface area contributed by atoms with Crippen LogP contribution in [-0.2, 0) is 11.2 Å². The number of aliphatic hydroxyl groups is 1. The minimum absolute atomic E-state index is 0.00860. The van der Waals surface area contributed by atoms with Crippen molar-refractivity contribution in [2.75, 3.05) is 13.6 Å². The third-order valence-corrected chi connectivity index (χ3v) is 5.96. The number of phenolic OH excluding ortho intramolecular Hbond substituents is 1. The van der Waals surface area contributed by atoms with Gasteiger partial charge >= 0.3 is 11.7 Å². The van der Waals surface area contributed by atoms with E-state index in [0.29, 0.717) is 24.0 Å². The molecule has 0 unspecified atom stereocenters. The lowest BCUT2D eigenvalue weighted by atomic mass is 10.00. The lowest BCUT2D eigenvalue weighted by Crippen LogP contribution is -2.40. The molecule has 35 heavy (non-hydrogen) atoms. The van der Waals surface area contributed by atoms with Gasteiger partial charge in [0.15, 0.2) is 5.69 Å². The summed E-state index contributed by atoms with van der Waals surface area (Å²) >= 11 is 0. The average Bonchev–Trinajstić information content (AvgIpc) is 3.47. The van der Waals surface area contributed by atoms with Crippen molar-refractivity contribution in [1.29, 1.82) is 0 Å². The normalized spacial score (nSPS) is 19.7. The second-order valence-electron chi connectivity index (χ2n) is 8.29. The van der Waals surface area contributed by atoms with E-state index in [0.717, 1.165) is 11.1 Å². The van der Waals surface area contributed by atoms with Crippen LogP contribution in [0.15, 0.2) is 63.9 Å². The van der Waals surface area contributed by atoms with Gasteiger partial charge in [-0.3, -0.25) is 0 Å². The molecular formula is C24H23N5O6. The number of amides is 1. The molecule has 0 spiro atoms. The summed E-state index contributed by atoms with van der Waals surface area (Å²) in [5.74, 6) is 0.00860. The van der Waals surface area contributed by atoms with Crippen LogP contribution in [0.3, 0.4) is 0 Å². The number of aliphatic hydroxyl groups excluding tert-OH is 1. The van der Waals surface area contributed by atoms with Crippen molar-refractivity contribution in [1.82, 2.24) is 25.6 Å². The third kappa shape index (κ3) is 4.59. The molecule has 4 N–H and O–H groups in total. The van der Waals surface area contributed by atoms with Gasteiger partial charge in [-0.15, -0.1) is 5.10 Å². The molecule has 11 heteroatoms. The van der Waals surface area contributed by atoms with E-state index in [9.17, 15) is 19.8 Å². The molecule has 11 nitrogen and oxygen atoms in total. The summed E-state index contributed by atoms with van der Waals surface area (Å²) in [7, 11) is 1.47. The summed E-state index contributed by atoms with van der Waals surface area (Å²) in [6.45, 7) is 0.345. The zero-order valence-electron chi connectivity index (χ0n) is 18.7. The van der Waals surface area contributed by atoms with E-state index in [2.05, 4.69) is 20.9 Å². The molecule has 4 aromatic rings. The predicted molar refractivity (Wildman–Crippen MR) is 125 cm³/mol. The van der Waals surface area contributed by atoms with Gasteiger partial charge in [-0.25, -0.2) is 14.3 Å². The standard InChI is InChI=1S/C24H23N5O6/c1-25-24(33)35-22-17(26-11-20(22)31)8-13-2-4-14(5-3-13)18-12-29(28-27-18)19-9-15-6-7-16(30)10-21(15)34-23(19)32/h2-7,9-10,12,17,20,22,26,30-31H,8,11H2,1H3,(H,25,33)/t17-,20+,22+/m1/s1. The number of β-amino-alcohol motifs (C(OH)–C–C–N with tert-alkyl or cyclic N) is 1. The first-order valence-corrected chi connectivity index (χ1v) is 11.0. The summed E-state index contributed by atoms with van der Waals surface area (Å²) in [5, 5.41) is 34.2. The van der Waals surface area contributed by atoms with Gasteiger partial charge in [0, 0.05) is 30.6 Å². The Morgan fingerprint density at radius 3 is 2.83 bits per heavy atom. The molecule has 2 aromatic heterocycles. The highest BCUT2D eigenvalue weighted by atomic mass is 16.6. The van der Waals surface area contributed by atoms with Gasteiger partial charge in [0.2, 0.25) is 0 Å². The second-order valence-corrected chi connectivity index (χ2v) is 8.29. The van der Waals surface area contributed by atoms with E-state index in [-0.39, 0.29) is 23.1 Å². The van der Waals surface area contributed by atoms with Crippen LogP contribution >= 0.6 is 0 Å².